The molecule has 1 amide bonds. The first-order valence-corrected chi connectivity index (χ1v) is 13.9. The van der Waals surface area contributed by atoms with Gasteiger partial charge in [-0.05, 0) is 54.6 Å². The Morgan fingerprint density at radius 1 is 0.878 bits per heavy atom. The first-order chi connectivity index (χ1) is 19.1. The summed E-state index contributed by atoms with van der Waals surface area (Å²) in [6.45, 7) is 0. The topological polar surface area (TPSA) is 254 Å². The number of hydrogen-bond acceptors (Lipinski definition) is 10. The van der Waals surface area contributed by atoms with Crippen molar-refractivity contribution in [1.29, 1.82) is 0 Å². The number of carbonyl (C=O) groups is 3. The number of benzene rings is 2. The van der Waals surface area contributed by atoms with Gasteiger partial charge in [-0.25, -0.2) is 15.2 Å². The highest BCUT2D eigenvalue weighted by Crippen LogP contribution is 2.28. The summed E-state index contributed by atoms with van der Waals surface area (Å²) in [4.78, 5) is 35.6. The maximum absolute atomic E-state index is 13.0. The van der Waals surface area contributed by atoms with Gasteiger partial charge in [-0.3, -0.25) is 18.7 Å². The molecule has 2 aromatic carbocycles. The van der Waals surface area contributed by atoms with Crippen molar-refractivity contribution in [1.82, 2.24) is 15.2 Å². The first kappa shape index (κ1) is 29.1. The molecule has 0 aliphatic carbocycles. The van der Waals surface area contributed by atoms with Crippen molar-refractivity contribution in [2.45, 2.75) is 15.8 Å². The van der Waals surface area contributed by atoms with Gasteiger partial charge in [0.1, 0.15) is 0 Å². The van der Waals surface area contributed by atoms with Crippen molar-refractivity contribution < 1.29 is 55.6 Å². The standard InChI is InChI=1S/C23H18N4O12S2/c28-20-16(18(22(30)31)24-26(20)12-4-8-14(9-5-12)40(34,35)36)2-1-3-17-19(23(32)33)25-27(21(17)29)13-6-10-15(11-7-13)41(37,38)39/h1-11,18,24,29H,(H,30,31)(H,32,33)(H,34,35,36)(H,37,38,39). The van der Waals surface area contributed by atoms with Gasteiger partial charge in [0.05, 0.1) is 26.7 Å². The third-order valence-electron chi connectivity index (χ3n) is 5.68. The molecule has 0 saturated carbocycles. The number of aromatic hydroxyl groups is 1. The summed E-state index contributed by atoms with van der Waals surface area (Å²) in [6.07, 6.45) is 3.21. The lowest BCUT2D eigenvalue weighted by Gasteiger charge is -2.16. The van der Waals surface area contributed by atoms with Gasteiger partial charge in [0.2, 0.25) is 5.88 Å². The number of rotatable bonds is 8. The second-order valence-corrected chi connectivity index (χ2v) is 11.1. The third kappa shape index (κ3) is 5.85. The van der Waals surface area contributed by atoms with Gasteiger partial charge < -0.3 is 15.3 Å². The number of hydrogen-bond donors (Lipinski definition) is 6. The molecule has 6 N–H and O–H groups in total. The average Bonchev–Trinajstić information content (AvgIpc) is 3.40. The van der Waals surface area contributed by atoms with E-state index in [1.807, 2.05) is 0 Å². The lowest BCUT2D eigenvalue weighted by molar-refractivity contribution is -0.138. The zero-order valence-corrected chi connectivity index (χ0v) is 21.8. The third-order valence-corrected chi connectivity index (χ3v) is 7.41. The van der Waals surface area contributed by atoms with Crippen LogP contribution >= 0.6 is 0 Å². The van der Waals surface area contributed by atoms with Crippen LogP contribution in [0.5, 0.6) is 5.88 Å². The first-order valence-electron chi connectivity index (χ1n) is 11.0. The van der Waals surface area contributed by atoms with E-state index in [9.17, 15) is 46.5 Å². The van der Waals surface area contributed by atoms with Crippen LogP contribution < -0.4 is 10.4 Å². The summed E-state index contributed by atoms with van der Waals surface area (Å²) in [5.41, 5.74) is 1.25. The predicted molar refractivity (Wildman–Crippen MR) is 137 cm³/mol. The zero-order chi connectivity index (χ0) is 30.3. The van der Waals surface area contributed by atoms with Gasteiger partial charge in [0, 0.05) is 5.57 Å². The summed E-state index contributed by atoms with van der Waals surface area (Å²) in [5.74, 6) is -4.55. The molecule has 214 valence electrons. The number of amides is 1. The Bertz CT molecular complexity index is 1840. The maximum Gasteiger partial charge on any atom is 0.357 e. The van der Waals surface area contributed by atoms with E-state index >= 15 is 0 Å². The minimum absolute atomic E-state index is 0.0344. The van der Waals surface area contributed by atoms with Crippen LogP contribution in [0.2, 0.25) is 0 Å². The number of nitrogens with one attached hydrogen (secondary N) is 1. The number of carboxylic acids is 2. The van der Waals surface area contributed by atoms with Crippen LogP contribution in [0.4, 0.5) is 5.69 Å². The number of nitrogens with zero attached hydrogens (tertiary/aromatic N) is 3. The highest BCUT2D eigenvalue weighted by Gasteiger charge is 2.40. The predicted octanol–water partition coefficient (Wildman–Crippen LogP) is 0.714. The Labute approximate surface area is 230 Å². The van der Waals surface area contributed by atoms with Crippen LogP contribution in [0, 0.1) is 0 Å². The van der Waals surface area contributed by atoms with Crippen LogP contribution in [0.15, 0.2) is 76.0 Å². The van der Waals surface area contributed by atoms with Crippen LogP contribution in [-0.4, -0.2) is 74.9 Å². The molecule has 1 aliphatic rings. The number of aromatic carboxylic acids is 1. The maximum atomic E-state index is 13.0. The van der Waals surface area contributed by atoms with E-state index in [-0.39, 0.29) is 22.5 Å². The van der Waals surface area contributed by atoms with Crippen molar-refractivity contribution in [2.24, 2.45) is 0 Å². The number of hydrazine groups is 1. The summed E-state index contributed by atoms with van der Waals surface area (Å²) >= 11 is 0. The van der Waals surface area contributed by atoms with Crippen molar-refractivity contribution in [3.05, 3.63) is 77.5 Å². The van der Waals surface area contributed by atoms with Crippen LogP contribution in [0.25, 0.3) is 11.8 Å². The van der Waals surface area contributed by atoms with E-state index in [0.717, 1.165) is 76.4 Å². The highest BCUT2D eigenvalue weighted by atomic mass is 32.2. The number of aliphatic carboxylic acids is 1. The molecule has 3 aromatic rings. The Morgan fingerprint density at radius 2 is 1.39 bits per heavy atom. The Balaban J connectivity index is 1.67. The Hall–Kier alpha value is -4.88. The molecule has 1 unspecified atom stereocenters. The van der Waals surface area contributed by atoms with Crippen LogP contribution in [0.3, 0.4) is 0 Å². The van der Waals surface area contributed by atoms with Gasteiger partial charge in [-0.15, -0.1) is 0 Å². The fraction of sp³-hybridized carbons (Fsp3) is 0.0435. The number of allylic oxidation sites excluding steroid dienone is 2. The number of carbonyl (C=O) groups excluding carboxylic acids is 1. The molecule has 18 heteroatoms. The Morgan fingerprint density at radius 3 is 1.85 bits per heavy atom. The number of anilines is 1. The van der Waals surface area contributed by atoms with E-state index in [0.29, 0.717) is 0 Å². The van der Waals surface area contributed by atoms with E-state index in [1.54, 1.807) is 0 Å². The van der Waals surface area contributed by atoms with Gasteiger partial charge in [0.15, 0.2) is 11.7 Å². The lowest BCUT2D eigenvalue weighted by atomic mass is 10.1. The van der Waals surface area contributed by atoms with Crippen molar-refractivity contribution >= 4 is 49.8 Å². The van der Waals surface area contributed by atoms with Gasteiger partial charge >= 0.3 is 11.9 Å². The molecular weight excluding hydrogens is 588 g/mol. The van der Waals surface area contributed by atoms with Crippen molar-refractivity contribution in [2.75, 3.05) is 5.01 Å². The number of aromatic nitrogens is 2. The van der Waals surface area contributed by atoms with Crippen LogP contribution in [0.1, 0.15) is 16.1 Å². The summed E-state index contributed by atoms with van der Waals surface area (Å²) < 4.78 is 64.0. The quantitative estimate of drug-likeness (QED) is 0.153. The molecule has 1 aliphatic heterocycles. The van der Waals surface area contributed by atoms with Gasteiger partial charge in [0.25, 0.3) is 26.1 Å². The fourth-order valence-corrected chi connectivity index (χ4v) is 4.70. The van der Waals surface area contributed by atoms with E-state index in [2.05, 4.69) is 10.5 Å². The second kappa shape index (κ2) is 10.6. The molecule has 41 heavy (non-hydrogen) atoms. The highest BCUT2D eigenvalue weighted by molar-refractivity contribution is 7.86. The van der Waals surface area contributed by atoms with Gasteiger partial charge in [-0.2, -0.15) is 26.6 Å². The largest absolute Gasteiger partial charge is 0.493 e. The Kier molecular flexibility index (Phi) is 7.52. The zero-order valence-electron chi connectivity index (χ0n) is 20.2. The molecule has 16 nitrogen and oxygen atoms in total. The van der Waals surface area contributed by atoms with E-state index in [1.165, 1.54) is 0 Å². The molecule has 0 bridgehead atoms. The minimum Gasteiger partial charge on any atom is -0.493 e. The fourth-order valence-electron chi connectivity index (χ4n) is 3.74. The SMILES string of the molecule is O=C(O)c1nn(-c2ccc(S(=O)(=O)O)cc2)c(O)c1C=CC=C1C(=O)N(c2ccc(S(=O)(=O)O)cc2)NC1C(=O)O. The molecule has 4 rings (SSSR count). The number of carboxylic acid groups (broad SMARTS) is 2. The monoisotopic (exact) mass is 606 g/mol. The average molecular weight is 607 g/mol. The summed E-state index contributed by atoms with van der Waals surface area (Å²) in [7, 11) is -9.02. The van der Waals surface area contributed by atoms with E-state index in [4.69, 9.17) is 9.11 Å². The van der Waals surface area contributed by atoms with Crippen molar-refractivity contribution in [3.63, 3.8) is 0 Å². The minimum atomic E-state index is -4.51. The molecule has 0 spiro atoms. The van der Waals surface area contributed by atoms with Gasteiger partial charge in [-0.1, -0.05) is 12.2 Å². The molecule has 1 saturated heterocycles. The second-order valence-electron chi connectivity index (χ2n) is 8.26. The lowest BCUT2D eigenvalue weighted by Crippen LogP contribution is -2.40. The molecule has 1 atom stereocenters. The van der Waals surface area contributed by atoms with Crippen LogP contribution in [-0.2, 0) is 29.8 Å². The summed E-state index contributed by atoms with van der Waals surface area (Å²) in [5, 5.41) is 34.4. The molecule has 1 fully saturated rings. The smallest absolute Gasteiger partial charge is 0.357 e. The molecule has 1 aromatic heterocycles. The van der Waals surface area contributed by atoms with E-state index < -0.39 is 65.5 Å². The van der Waals surface area contributed by atoms with Crippen molar-refractivity contribution in [3.8, 4) is 11.6 Å². The normalized spacial score (nSPS) is 17.0. The molecule has 0 radical (unpaired) electrons. The summed E-state index contributed by atoms with van der Waals surface area (Å²) in [6, 6.07) is 7.03. The molecular formula is C23H18N4O12S2. The molecule has 2 heterocycles.